The van der Waals surface area contributed by atoms with E-state index in [9.17, 15) is 13.2 Å². The molecule has 1 aliphatic heterocycles. The first-order chi connectivity index (χ1) is 15.9. The van der Waals surface area contributed by atoms with Gasteiger partial charge in [-0.2, -0.15) is 4.31 Å². The van der Waals surface area contributed by atoms with E-state index in [1.54, 1.807) is 18.2 Å². The minimum absolute atomic E-state index is 0.00971. The Labute approximate surface area is 195 Å². The topological polar surface area (TPSA) is 69.7 Å². The Balaban J connectivity index is 1.48. The largest absolute Gasteiger partial charge is 0.350 e. The third kappa shape index (κ3) is 5.16. The van der Waals surface area contributed by atoms with E-state index in [-0.39, 0.29) is 16.8 Å². The average molecular weight is 464 g/mol. The second-order valence-corrected chi connectivity index (χ2v) is 10.4. The second kappa shape index (κ2) is 9.87. The predicted molar refractivity (Wildman–Crippen MR) is 129 cm³/mol. The van der Waals surface area contributed by atoms with E-state index in [0.717, 1.165) is 11.1 Å². The molecule has 0 radical (unpaired) electrons. The summed E-state index contributed by atoms with van der Waals surface area (Å²) in [7, 11) is 0.229. The van der Waals surface area contributed by atoms with E-state index >= 15 is 0 Å². The van der Waals surface area contributed by atoms with Gasteiger partial charge < -0.3 is 10.2 Å². The zero-order valence-electron chi connectivity index (χ0n) is 18.9. The number of fused-ring (bicyclic) bond motifs is 1. The van der Waals surface area contributed by atoms with E-state index in [1.807, 2.05) is 73.6 Å². The Bertz CT molecular complexity index is 1230. The monoisotopic (exact) mass is 463 g/mol. The number of nitrogens with zero attached hydrogens (tertiary/aromatic N) is 2. The number of hydrogen-bond acceptors (Lipinski definition) is 4. The maximum Gasteiger partial charge on any atom is 0.251 e. The van der Waals surface area contributed by atoms with Crippen LogP contribution in [-0.4, -0.2) is 50.7 Å². The smallest absolute Gasteiger partial charge is 0.251 e. The standard InChI is InChI=1S/C26H29N3O3S/c1-28(2)25(21-10-4-3-5-11-21)18-27-26(30)22-13-8-14-24(17-22)33(31,32)29-16-15-20-9-6-7-12-23(20)19-29/h3-14,17,25H,15-16,18-19H2,1-2H3,(H,27,30)/t25-/m1/s1. The van der Waals surface area contributed by atoms with Crippen molar-refractivity contribution in [2.75, 3.05) is 27.2 Å². The maximum atomic E-state index is 13.3. The lowest BCUT2D eigenvalue weighted by Gasteiger charge is -2.28. The van der Waals surface area contributed by atoms with Crippen LogP contribution >= 0.6 is 0 Å². The molecule has 1 aliphatic rings. The molecule has 172 valence electrons. The summed E-state index contributed by atoms with van der Waals surface area (Å²) in [5.41, 5.74) is 3.64. The van der Waals surface area contributed by atoms with E-state index in [4.69, 9.17) is 0 Å². The van der Waals surface area contributed by atoms with Crippen LogP contribution in [0.3, 0.4) is 0 Å². The number of hydrogen-bond donors (Lipinski definition) is 1. The lowest BCUT2D eigenvalue weighted by molar-refractivity contribution is 0.0941. The van der Waals surface area contributed by atoms with Gasteiger partial charge in [-0.15, -0.1) is 0 Å². The van der Waals surface area contributed by atoms with Crippen molar-refractivity contribution >= 4 is 15.9 Å². The number of benzene rings is 3. The van der Waals surface area contributed by atoms with Crippen LogP contribution in [0.15, 0.2) is 83.8 Å². The lowest BCUT2D eigenvalue weighted by Crippen LogP contribution is -2.36. The van der Waals surface area contributed by atoms with Crippen molar-refractivity contribution in [3.05, 3.63) is 101 Å². The Morgan fingerprint density at radius 1 is 0.970 bits per heavy atom. The SMILES string of the molecule is CN(C)[C@H](CNC(=O)c1cccc(S(=O)(=O)N2CCc3ccccc3C2)c1)c1ccccc1. The summed E-state index contributed by atoms with van der Waals surface area (Å²) < 4.78 is 28.1. The average Bonchev–Trinajstić information content (AvgIpc) is 2.84. The van der Waals surface area contributed by atoms with E-state index in [1.165, 1.54) is 15.9 Å². The van der Waals surface area contributed by atoms with Gasteiger partial charge >= 0.3 is 0 Å². The van der Waals surface area contributed by atoms with Crippen LogP contribution in [-0.2, 0) is 23.0 Å². The van der Waals surface area contributed by atoms with Crippen LogP contribution in [0.2, 0.25) is 0 Å². The normalized spacial score (nSPS) is 15.1. The Hall–Kier alpha value is -3.00. The first kappa shape index (κ1) is 23.2. The number of likely N-dealkylation sites (N-methyl/N-ethyl adjacent to an activating group) is 1. The lowest BCUT2D eigenvalue weighted by atomic mass is 10.0. The molecule has 1 N–H and O–H groups in total. The molecule has 1 heterocycles. The summed E-state index contributed by atoms with van der Waals surface area (Å²) in [6.45, 7) is 1.18. The number of rotatable bonds is 7. The molecule has 33 heavy (non-hydrogen) atoms. The number of sulfonamides is 1. The zero-order valence-corrected chi connectivity index (χ0v) is 19.8. The van der Waals surface area contributed by atoms with Crippen LogP contribution < -0.4 is 5.32 Å². The van der Waals surface area contributed by atoms with Crippen LogP contribution in [0.4, 0.5) is 0 Å². The van der Waals surface area contributed by atoms with Gasteiger partial charge in [-0.05, 0) is 55.4 Å². The fourth-order valence-electron chi connectivity index (χ4n) is 4.19. The van der Waals surface area contributed by atoms with Crippen molar-refractivity contribution in [1.29, 1.82) is 0 Å². The highest BCUT2D eigenvalue weighted by atomic mass is 32.2. The molecule has 0 bridgehead atoms. The molecule has 4 rings (SSSR count). The highest BCUT2D eigenvalue weighted by Crippen LogP contribution is 2.25. The quantitative estimate of drug-likeness (QED) is 0.583. The number of carbonyl (C=O) groups excluding carboxylic acids is 1. The van der Waals surface area contributed by atoms with Gasteiger partial charge in [0.05, 0.1) is 10.9 Å². The summed E-state index contributed by atoms with van der Waals surface area (Å²) in [5, 5.41) is 2.96. The van der Waals surface area contributed by atoms with Crippen LogP contribution in [0.5, 0.6) is 0 Å². The van der Waals surface area contributed by atoms with Gasteiger partial charge in [-0.25, -0.2) is 8.42 Å². The molecule has 7 heteroatoms. The van der Waals surface area contributed by atoms with Crippen molar-refractivity contribution in [3.63, 3.8) is 0 Å². The summed E-state index contributed by atoms with van der Waals surface area (Å²) in [4.78, 5) is 15.1. The minimum Gasteiger partial charge on any atom is -0.350 e. The summed E-state index contributed by atoms with van der Waals surface area (Å²) in [5.74, 6) is -0.293. The van der Waals surface area contributed by atoms with Gasteiger partial charge in [-0.3, -0.25) is 4.79 Å². The van der Waals surface area contributed by atoms with Crippen LogP contribution in [0, 0.1) is 0 Å². The molecule has 3 aromatic rings. The molecule has 1 amide bonds. The predicted octanol–water partition coefficient (Wildman–Crippen LogP) is 3.47. The molecular formula is C26H29N3O3S. The van der Waals surface area contributed by atoms with Crippen molar-refractivity contribution in [2.45, 2.75) is 23.9 Å². The molecular weight excluding hydrogens is 434 g/mol. The summed E-state index contributed by atoms with van der Waals surface area (Å²) >= 11 is 0. The zero-order chi connectivity index (χ0) is 23.4. The molecule has 0 aliphatic carbocycles. The van der Waals surface area contributed by atoms with Gasteiger partial charge in [0, 0.05) is 25.2 Å². The van der Waals surface area contributed by atoms with Gasteiger partial charge in [0.25, 0.3) is 5.91 Å². The van der Waals surface area contributed by atoms with Crippen molar-refractivity contribution in [1.82, 2.24) is 14.5 Å². The Morgan fingerprint density at radius 2 is 1.67 bits per heavy atom. The summed E-state index contributed by atoms with van der Waals surface area (Å²) in [6, 6.07) is 24.2. The highest BCUT2D eigenvalue weighted by Gasteiger charge is 2.28. The van der Waals surface area contributed by atoms with Crippen molar-refractivity contribution in [3.8, 4) is 0 Å². The van der Waals surface area contributed by atoms with E-state index < -0.39 is 10.0 Å². The first-order valence-electron chi connectivity index (χ1n) is 11.0. The molecule has 0 aromatic heterocycles. The second-order valence-electron chi connectivity index (χ2n) is 8.49. The van der Waals surface area contributed by atoms with Crippen molar-refractivity contribution in [2.24, 2.45) is 0 Å². The molecule has 0 saturated carbocycles. The van der Waals surface area contributed by atoms with Crippen molar-refractivity contribution < 1.29 is 13.2 Å². The van der Waals surface area contributed by atoms with E-state index in [0.29, 0.717) is 31.6 Å². The Morgan fingerprint density at radius 3 is 2.39 bits per heavy atom. The fraction of sp³-hybridized carbons (Fsp3) is 0.269. The molecule has 6 nitrogen and oxygen atoms in total. The van der Waals surface area contributed by atoms with Crippen LogP contribution in [0.25, 0.3) is 0 Å². The maximum absolute atomic E-state index is 13.3. The van der Waals surface area contributed by atoms with Gasteiger partial charge in [0.2, 0.25) is 10.0 Å². The van der Waals surface area contributed by atoms with Gasteiger partial charge in [0.1, 0.15) is 0 Å². The number of nitrogens with one attached hydrogen (secondary N) is 1. The molecule has 0 saturated heterocycles. The highest BCUT2D eigenvalue weighted by molar-refractivity contribution is 7.89. The third-order valence-corrected chi connectivity index (χ3v) is 7.93. The molecule has 1 atom stereocenters. The molecule has 0 unspecified atom stereocenters. The first-order valence-corrected chi connectivity index (χ1v) is 12.5. The van der Waals surface area contributed by atoms with Gasteiger partial charge in [-0.1, -0.05) is 60.7 Å². The van der Waals surface area contributed by atoms with Crippen LogP contribution in [0.1, 0.15) is 33.1 Å². The molecule has 3 aromatic carbocycles. The minimum atomic E-state index is -3.70. The summed E-state index contributed by atoms with van der Waals surface area (Å²) in [6.07, 6.45) is 0.682. The van der Waals surface area contributed by atoms with E-state index in [2.05, 4.69) is 5.32 Å². The fourth-order valence-corrected chi connectivity index (χ4v) is 5.65. The molecule has 0 fully saturated rings. The number of carbonyl (C=O) groups is 1. The molecule has 0 spiro atoms. The number of amides is 1. The third-order valence-electron chi connectivity index (χ3n) is 6.09. The Kier molecular flexibility index (Phi) is 6.93. The van der Waals surface area contributed by atoms with Gasteiger partial charge in [0.15, 0.2) is 0 Å².